The molecule has 0 bridgehead atoms. The van der Waals surface area contributed by atoms with Crippen LogP contribution in [0.5, 0.6) is 0 Å². The van der Waals surface area contributed by atoms with Crippen LogP contribution in [0.4, 0.5) is 5.69 Å². The van der Waals surface area contributed by atoms with Crippen molar-refractivity contribution in [3.63, 3.8) is 0 Å². The maximum atomic E-state index is 12.6. The van der Waals surface area contributed by atoms with Crippen molar-refractivity contribution in [3.8, 4) is 11.1 Å². The fraction of sp³-hybridized carbons (Fsp3) is 0.263. The zero-order valence-electron chi connectivity index (χ0n) is 13.6. The third-order valence-corrected chi connectivity index (χ3v) is 4.32. The maximum absolute atomic E-state index is 12.6. The van der Waals surface area contributed by atoms with Crippen molar-refractivity contribution < 1.29 is 14.7 Å². The quantitative estimate of drug-likeness (QED) is 0.938. The molecular formula is C19H20N2O3. The van der Waals surface area contributed by atoms with E-state index in [-0.39, 0.29) is 18.5 Å². The smallest absolute Gasteiger partial charge is 0.249 e. The van der Waals surface area contributed by atoms with Crippen molar-refractivity contribution in [2.75, 3.05) is 24.6 Å². The van der Waals surface area contributed by atoms with Gasteiger partial charge in [0.15, 0.2) is 0 Å². The highest BCUT2D eigenvalue weighted by atomic mass is 16.3. The van der Waals surface area contributed by atoms with Gasteiger partial charge in [-0.2, -0.15) is 0 Å². The second kappa shape index (κ2) is 6.84. The van der Waals surface area contributed by atoms with Crippen LogP contribution >= 0.6 is 0 Å². The fourth-order valence-corrected chi connectivity index (χ4v) is 3.08. The number of aliphatic hydroxyl groups excluding tert-OH is 1. The van der Waals surface area contributed by atoms with E-state index in [2.05, 4.69) is 0 Å². The van der Waals surface area contributed by atoms with Crippen LogP contribution in [0.25, 0.3) is 11.1 Å². The van der Waals surface area contributed by atoms with Crippen LogP contribution in [0.3, 0.4) is 0 Å². The minimum Gasteiger partial charge on any atom is -0.387 e. The number of hydrogen-bond acceptors (Lipinski definition) is 3. The lowest BCUT2D eigenvalue weighted by atomic mass is 10.0. The van der Waals surface area contributed by atoms with E-state index < -0.39 is 12.5 Å². The molecule has 1 atom stereocenters. The molecule has 124 valence electrons. The van der Waals surface area contributed by atoms with Gasteiger partial charge in [-0.05, 0) is 18.6 Å². The normalized spacial score (nSPS) is 17.9. The number of benzene rings is 2. The molecule has 2 aromatic rings. The van der Waals surface area contributed by atoms with Crippen LogP contribution in [0.2, 0.25) is 0 Å². The summed E-state index contributed by atoms with van der Waals surface area (Å²) >= 11 is 0. The summed E-state index contributed by atoms with van der Waals surface area (Å²) in [6, 6.07) is 17.5. The van der Waals surface area contributed by atoms with Gasteiger partial charge in [-0.15, -0.1) is 0 Å². The number of hydrogen-bond donors (Lipinski definition) is 1. The van der Waals surface area contributed by atoms with E-state index in [1.807, 2.05) is 61.5 Å². The van der Waals surface area contributed by atoms with Crippen molar-refractivity contribution in [1.29, 1.82) is 0 Å². The molecule has 0 aromatic heterocycles. The first-order valence-corrected chi connectivity index (χ1v) is 7.97. The molecule has 1 N–H and O–H groups in total. The van der Waals surface area contributed by atoms with Crippen LogP contribution in [0.15, 0.2) is 54.6 Å². The Morgan fingerprint density at radius 1 is 1.12 bits per heavy atom. The van der Waals surface area contributed by atoms with Crippen LogP contribution in [0.1, 0.15) is 6.92 Å². The lowest BCUT2D eigenvalue weighted by Crippen LogP contribution is -2.57. The molecule has 1 fully saturated rings. The van der Waals surface area contributed by atoms with Crippen molar-refractivity contribution in [2.24, 2.45) is 0 Å². The monoisotopic (exact) mass is 324 g/mol. The number of piperazine rings is 1. The number of para-hydroxylation sites is 1. The van der Waals surface area contributed by atoms with Gasteiger partial charge in [0.2, 0.25) is 11.8 Å². The van der Waals surface area contributed by atoms with Crippen molar-refractivity contribution in [3.05, 3.63) is 54.6 Å². The summed E-state index contributed by atoms with van der Waals surface area (Å²) < 4.78 is 0. The predicted molar refractivity (Wildman–Crippen MR) is 92.5 cm³/mol. The van der Waals surface area contributed by atoms with Gasteiger partial charge in [0.05, 0.1) is 5.69 Å². The minimum atomic E-state index is -0.571. The molecule has 0 saturated carbocycles. The lowest BCUT2D eigenvalue weighted by molar-refractivity contribution is -0.141. The van der Waals surface area contributed by atoms with Gasteiger partial charge in [0, 0.05) is 18.2 Å². The topological polar surface area (TPSA) is 60.9 Å². The van der Waals surface area contributed by atoms with Crippen LogP contribution in [-0.2, 0) is 9.59 Å². The van der Waals surface area contributed by atoms with E-state index in [4.69, 9.17) is 5.11 Å². The Bertz CT molecular complexity index is 745. The van der Waals surface area contributed by atoms with Gasteiger partial charge >= 0.3 is 0 Å². The molecule has 0 radical (unpaired) electrons. The predicted octanol–water partition coefficient (Wildman–Crippen LogP) is 1.91. The van der Waals surface area contributed by atoms with E-state index in [1.54, 1.807) is 4.90 Å². The van der Waals surface area contributed by atoms with Crippen LogP contribution < -0.4 is 4.90 Å². The molecule has 1 heterocycles. The third kappa shape index (κ3) is 3.03. The molecular weight excluding hydrogens is 304 g/mol. The summed E-state index contributed by atoms with van der Waals surface area (Å²) in [6.07, 6.45) is 0. The average molecular weight is 324 g/mol. The second-order valence-corrected chi connectivity index (χ2v) is 5.92. The first-order chi connectivity index (χ1) is 11.6. The molecule has 2 amide bonds. The van der Waals surface area contributed by atoms with E-state index in [9.17, 15) is 9.59 Å². The van der Waals surface area contributed by atoms with Crippen LogP contribution in [0, 0.1) is 0 Å². The average Bonchev–Trinajstić information content (AvgIpc) is 2.63. The Kier molecular flexibility index (Phi) is 4.62. The van der Waals surface area contributed by atoms with Gasteiger partial charge < -0.3 is 14.9 Å². The number of rotatable bonds is 3. The summed E-state index contributed by atoms with van der Waals surface area (Å²) in [5, 5.41) is 9.05. The molecule has 5 nitrogen and oxygen atoms in total. The number of aliphatic hydroxyl groups is 1. The largest absolute Gasteiger partial charge is 0.387 e. The SMILES string of the molecule is CC1CN(c2ccccc2-c2ccccc2)C(=O)CN1C(=O)CO. The summed E-state index contributed by atoms with van der Waals surface area (Å²) in [5.74, 6) is -0.551. The Labute approximate surface area is 141 Å². The van der Waals surface area contributed by atoms with Crippen molar-refractivity contribution >= 4 is 17.5 Å². The molecule has 24 heavy (non-hydrogen) atoms. The number of carbonyl (C=O) groups excluding carboxylic acids is 2. The Morgan fingerprint density at radius 3 is 2.50 bits per heavy atom. The Balaban J connectivity index is 1.94. The Morgan fingerprint density at radius 2 is 1.79 bits per heavy atom. The van der Waals surface area contributed by atoms with Gasteiger partial charge in [-0.1, -0.05) is 48.5 Å². The molecule has 1 aliphatic rings. The molecule has 0 aliphatic carbocycles. The lowest BCUT2D eigenvalue weighted by Gasteiger charge is -2.39. The summed E-state index contributed by atoms with van der Waals surface area (Å²) in [4.78, 5) is 27.5. The van der Waals surface area contributed by atoms with Crippen LogP contribution in [-0.4, -0.2) is 47.6 Å². The van der Waals surface area contributed by atoms with Gasteiger partial charge in [0.1, 0.15) is 13.2 Å². The molecule has 3 rings (SSSR count). The summed E-state index contributed by atoms with van der Waals surface area (Å²) in [7, 11) is 0. The van der Waals surface area contributed by atoms with Crippen molar-refractivity contribution in [2.45, 2.75) is 13.0 Å². The van der Waals surface area contributed by atoms with E-state index >= 15 is 0 Å². The number of amides is 2. The highest BCUT2D eigenvalue weighted by Crippen LogP contribution is 2.32. The van der Waals surface area contributed by atoms with Crippen molar-refractivity contribution in [1.82, 2.24) is 4.90 Å². The van der Waals surface area contributed by atoms with Gasteiger partial charge in [0.25, 0.3) is 0 Å². The van der Waals surface area contributed by atoms with E-state index in [1.165, 1.54) is 4.90 Å². The number of nitrogens with zero attached hydrogens (tertiary/aromatic N) is 2. The number of anilines is 1. The molecule has 0 spiro atoms. The second-order valence-electron chi connectivity index (χ2n) is 5.92. The zero-order valence-corrected chi connectivity index (χ0v) is 13.6. The van der Waals surface area contributed by atoms with Gasteiger partial charge in [-0.25, -0.2) is 0 Å². The van der Waals surface area contributed by atoms with Gasteiger partial charge in [-0.3, -0.25) is 9.59 Å². The summed E-state index contributed by atoms with van der Waals surface area (Å²) in [5.41, 5.74) is 2.87. The first kappa shape index (κ1) is 16.2. The molecule has 2 aromatic carbocycles. The summed E-state index contributed by atoms with van der Waals surface area (Å²) in [6.45, 7) is 1.72. The highest BCUT2D eigenvalue weighted by molar-refractivity contribution is 6.01. The zero-order chi connectivity index (χ0) is 17.1. The van der Waals surface area contributed by atoms with E-state index in [0.29, 0.717) is 6.54 Å². The highest BCUT2D eigenvalue weighted by Gasteiger charge is 2.33. The van der Waals surface area contributed by atoms with E-state index in [0.717, 1.165) is 16.8 Å². The molecule has 1 saturated heterocycles. The molecule has 5 heteroatoms. The molecule has 1 unspecified atom stereocenters. The minimum absolute atomic E-state index is 0.0102. The fourth-order valence-electron chi connectivity index (χ4n) is 3.08. The maximum Gasteiger partial charge on any atom is 0.249 e. The third-order valence-electron chi connectivity index (χ3n) is 4.32. The standard InChI is InChI=1S/C19H20N2O3/c1-14-11-21(18(23)12-20(14)19(24)13-22)17-10-6-5-9-16(17)15-7-3-2-4-8-15/h2-10,14,22H,11-13H2,1H3. The first-order valence-electron chi connectivity index (χ1n) is 7.97. The Hall–Kier alpha value is -2.66. The number of carbonyl (C=O) groups is 2. The molecule has 1 aliphatic heterocycles.